The summed E-state index contributed by atoms with van der Waals surface area (Å²) in [6.07, 6.45) is 3.11. The number of para-hydroxylation sites is 1. The van der Waals surface area contributed by atoms with Crippen molar-refractivity contribution in [3.05, 3.63) is 71.6 Å². The van der Waals surface area contributed by atoms with Gasteiger partial charge in [-0.2, -0.15) is 0 Å². The number of carbonyl (C=O) groups is 1. The van der Waals surface area contributed by atoms with Crippen molar-refractivity contribution in [2.24, 2.45) is 0 Å². The Labute approximate surface area is 124 Å². The van der Waals surface area contributed by atoms with Crippen LogP contribution in [0.5, 0.6) is 0 Å². The van der Waals surface area contributed by atoms with Gasteiger partial charge in [0.2, 0.25) is 5.91 Å². The number of hydrogen-bond donors (Lipinski definition) is 1. The maximum atomic E-state index is 12.8. The molecule has 2 rings (SSSR count). The van der Waals surface area contributed by atoms with Crippen molar-refractivity contribution in [1.29, 1.82) is 0 Å². The Morgan fingerprint density at radius 2 is 1.76 bits per heavy atom. The summed E-state index contributed by atoms with van der Waals surface area (Å²) < 4.78 is 12.8. The fraction of sp³-hybridized carbons (Fsp3) is 0.167. The van der Waals surface area contributed by atoms with E-state index in [1.807, 2.05) is 24.3 Å². The molecule has 21 heavy (non-hydrogen) atoms. The minimum atomic E-state index is -0.289. The zero-order chi connectivity index (χ0) is 15.2. The number of anilines is 1. The van der Waals surface area contributed by atoms with E-state index in [0.29, 0.717) is 5.92 Å². The maximum absolute atomic E-state index is 12.8. The van der Waals surface area contributed by atoms with Gasteiger partial charge in [0.1, 0.15) is 5.82 Å². The van der Waals surface area contributed by atoms with Crippen LogP contribution in [-0.2, 0) is 4.79 Å². The van der Waals surface area contributed by atoms with Gasteiger partial charge < -0.3 is 5.32 Å². The van der Waals surface area contributed by atoms with Crippen LogP contribution in [0.2, 0.25) is 0 Å². The Hall–Kier alpha value is -2.42. The largest absolute Gasteiger partial charge is 0.322 e. The van der Waals surface area contributed by atoms with Crippen molar-refractivity contribution >= 4 is 17.7 Å². The highest BCUT2D eigenvalue weighted by atomic mass is 19.1. The molecule has 0 radical (unpaired) electrons. The van der Waals surface area contributed by atoms with Gasteiger partial charge in [0.15, 0.2) is 0 Å². The summed E-state index contributed by atoms with van der Waals surface area (Å²) in [6.45, 7) is 4.17. The summed E-state index contributed by atoms with van der Waals surface area (Å²) in [6, 6.07) is 13.7. The van der Waals surface area contributed by atoms with Gasteiger partial charge in [-0.05, 0) is 41.3 Å². The Morgan fingerprint density at radius 1 is 1.10 bits per heavy atom. The highest BCUT2D eigenvalue weighted by Gasteiger charge is 2.07. The zero-order valence-electron chi connectivity index (χ0n) is 12.1. The second kappa shape index (κ2) is 6.84. The van der Waals surface area contributed by atoms with E-state index in [1.165, 1.54) is 18.2 Å². The minimum absolute atomic E-state index is 0.201. The van der Waals surface area contributed by atoms with Crippen LogP contribution in [0.15, 0.2) is 54.6 Å². The first kappa shape index (κ1) is 15.0. The molecule has 0 saturated heterocycles. The van der Waals surface area contributed by atoms with Gasteiger partial charge in [0.05, 0.1) is 0 Å². The van der Waals surface area contributed by atoms with Crippen molar-refractivity contribution in [3.63, 3.8) is 0 Å². The lowest BCUT2D eigenvalue weighted by Crippen LogP contribution is -2.10. The molecule has 0 aromatic heterocycles. The third-order valence-corrected chi connectivity index (χ3v) is 3.14. The minimum Gasteiger partial charge on any atom is -0.322 e. The van der Waals surface area contributed by atoms with Crippen molar-refractivity contribution < 1.29 is 9.18 Å². The number of benzene rings is 2. The molecule has 0 unspecified atom stereocenters. The van der Waals surface area contributed by atoms with Gasteiger partial charge in [-0.25, -0.2) is 4.39 Å². The molecule has 0 spiro atoms. The first-order chi connectivity index (χ1) is 10.1. The molecule has 0 heterocycles. The first-order valence-electron chi connectivity index (χ1n) is 6.90. The Morgan fingerprint density at radius 3 is 2.43 bits per heavy atom. The van der Waals surface area contributed by atoms with E-state index >= 15 is 0 Å². The normalized spacial score (nSPS) is 11.0. The second-order valence-electron chi connectivity index (χ2n) is 5.12. The summed E-state index contributed by atoms with van der Waals surface area (Å²) in [4.78, 5) is 12.0. The molecule has 0 saturated carbocycles. The predicted molar refractivity (Wildman–Crippen MR) is 84.6 cm³/mol. The van der Waals surface area contributed by atoms with Gasteiger partial charge in [-0.15, -0.1) is 0 Å². The third-order valence-electron chi connectivity index (χ3n) is 3.14. The number of hydrogen-bond acceptors (Lipinski definition) is 1. The second-order valence-corrected chi connectivity index (χ2v) is 5.12. The molecule has 2 aromatic rings. The number of halogens is 1. The van der Waals surface area contributed by atoms with E-state index in [9.17, 15) is 9.18 Å². The van der Waals surface area contributed by atoms with Crippen LogP contribution >= 0.6 is 0 Å². The highest BCUT2D eigenvalue weighted by Crippen LogP contribution is 2.23. The molecular weight excluding hydrogens is 265 g/mol. The lowest BCUT2D eigenvalue weighted by atomic mass is 10.0. The first-order valence-corrected chi connectivity index (χ1v) is 6.90. The molecule has 1 amide bonds. The van der Waals surface area contributed by atoms with Crippen LogP contribution in [0.4, 0.5) is 10.1 Å². The highest BCUT2D eigenvalue weighted by molar-refractivity contribution is 6.02. The third kappa shape index (κ3) is 4.28. The van der Waals surface area contributed by atoms with Crippen LogP contribution in [0.25, 0.3) is 6.08 Å². The molecule has 2 nitrogen and oxygen atoms in total. The lowest BCUT2D eigenvalue weighted by Gasteiger charge is -2.12. The monoisotopic (exact) mass is 283 g/mol. The quantitative estimate of drug-likeness (QED) is 0.816. The number of nitrogens with one attached hydrogen (secondary N) is 1. The number of carbonyl (C=O) groups excluding carboxylic acids is 1. The van der Waals surface area contributed by atoms with Crippen LogP contribution in [0.1, 0.15) is 30.9 Å². The van der Waals surface area contributed by atoms with E-state index in [-0.39, 0.29) is 11.7 Å². The molecule has 0 fully saturated rings. The standard InChI is InChI=1S/C18H18FNO/c1-13(2)16-5-3-4-6-17(16)20-18(21)12-9-14-7-10-15(19)11-8-14/h3-13H,1-2H3,(H,20,21). The van der Waals surface area contributed by atoms with E-state index in [0.717, 1.165) is 16.8 Å². The Balaban J connectivity index is 2.07. The smallest absolute Gasteiger partial charge is 0.248 e. The van der Waals surface area contributed by atoms with Gasteiger partial charge in [0, 0.05) is 11.8 Å². The topological polar surface area (TPSA) is 29.1 Å². The van der Waals surface area contributed by atoms with E-state index in [1.54, 1.807) is 18.2 Å². The fourth-order valence-corrected chi connectivity index (χ4v) is 2.03. The average molecular weight is 283 g/mol. The molecule has 3 heteroatoms. The van der Waals surface area contributed by atoms with Crippen LogP contribution in [0, 0.1) is 5.82 Å². The van der Waals surface area contributed by atoms with Gasteiger partial charge in [-0.1, -0.05) is 44.2 Å². The molecule has 2 aromatic carbocycles. The maximum Gasteiger partial charge on any atom is 0.248 e. The number of rotatable bonds is 4. The van der Waals surface area contributed by atoms with E-state index in [2.05, 4.69) is 19.2 Å². The van der Waals surface area contributed by atoms with E-state index < -0.39 is 0 Å². The number of amides is 1. The molecule has 0 aliphatic rings. The summed E-state index contributed by atoms with van der Waals surface area (Å²) >= 11 is 0. The van der Waals surface area contributed by atoms with Crippen LogP contribution < -0.4 is 5.32 Å². The molecular formula is C18H18FNO. The molecule has 0 atom stereocenters. The summed E-state index contributed by atoms with van der Waals surface area (Å²) in [5.41, 5.74) is 2.70. The van der Waals surface area contributed by atoms with Gasteiger partial charge >= 0.3 is 0 Å². The summed E-state index contributed by atoms with van der Waals surface area (Å²) in [5.74, 6) is -0.155. The van der Waals surface area contributed by atoms with Gasteiger partial charge in [0.25, 0.3) is 0 Å². The fourth-order valence-electron chi connectivity index (χ4n) is 2.03. The van der Waals surface area contributed by atoms with Crippen molar-refractivity contribution in [1.82, 2.24) is 0 Å². The molecule has 0 bridgehead atoms. The average Bonchev–Trinajstić information content (AvgIpc) is 2.47. The van der Waals surface area contributed by atoms with Gasteiger partial charge in [-0.3, -0.25) is 4.79 Å². The summed E-state index contributed by atoms with van der Waals surface area (Å²) in [5, 5.41) is 2.87. The summed E-state index contributed by atoms with van der Waals surface area (Å²) in [7, 11) is 0. The van der Waals surface area contributed by atoms with Crippen molar-refractivity contribution in [2.45, 2.75) is 19.8 Å². The van der Waals surface area contributed by atoms with Crippen molar-refractivity contribution in [3.8, 4) is 0 Å². The van der Waals surface area contributed by atoms with Crippen molar-refractivity contribution in [2.75, 3.05) is 5.32 Å². The van der Waals surface area contributed by atoms with Crippen LogP contribution in [-0.4, -0.2) is 5.91 Å². The molecule has 0 aliphatic carbocycles. The molecule has 1 N–H and O–H groups in total. The Bertz CT molecular complexity index is 645. The molecule has 108 valence electrons. The molecule has 0 aliphatic heterocycles. The lowest BCUT2D eigenvalue weighted by molar-refractivity contribution is -0.111. The van der Waals surface area contributed by atoms with E-state index in [4.69, 9.17) is 0 Å². The SMILES string of the molecule is CC(C)c1ccccc1NC(=O)C=Cc1ccc(F)cc1. The van der Waals surface area contributed by atoms with Crippen LogP contribution in [0.3, 0.4) is 0 Å². The zero-order valence-corrected chi connectivity index (χ0v) is 12.1. The Kier molecular flexibility index (Phi) is 4.88. The predicted octanol–water partition coefficient (Wildman–Crippen LogP) is 4.60.